The number of aryl methyl sites for hydroxylation is 1. The third-order valence-corrected chi connectivity index (χ3v) is 2.47. The summed E-state index contributed by atoms with van der Waals surface area (Å²) < 4.78 is 1.22. The molecule has 2 N–H and O–H groups in total. The molecule has 5 heteroatoms. The molecular weight excluding hydrogens is 210 g/mol. The molecule has 0 aliphatic heterocycles. The number of carboxylic acid groups (broad SMARTS) is 1. The summed E-state index contributed by atoms with van der Waals surface area (Å²) >= 11 is 0. The number of aromatic carboxylic acids is 1. The zero-order valence-electron chi connectivity index (χ0n) is 8.47. The molecule has 1 aromatic carbocycles. The number of hydrogen-bond acceptors (Lipinski definition) is 3. The Hall–Kier alpha value is -2.30. The lowest BCUT2D eigenvalue weighted by atomic mass is 10.1. The number of carboxylic acids is 1. The van der Waals surface area contributed by atoms with Gasteiger partial charge in [-0.15, -0.1) is 0 Å². The van der Waals surface area contributed by atoms with Crippen LogP contribution in [0.4, 0.5) is 0 Å². The average Bonchev–Trinajstić information content (AvgIpc) is 2.22. The maximum atomic E-state index is 11.5. The Labute approximate surface area is 90.2 Å². The lowest BCUT2D eigenvalue weighted by Crippen LogP contribution is -2.18. The molecular formula is C11H9NO4. The highest BCUT2D eigenvalue weighted by molar-refractivity contribution is 6.03. The molecule has 16 heavy (non-hydrogen) atoms. The normalized spacial score (nSPS) is 10.6. The first-order valence-corrected chi connectivity index (χ1v) is 4.57. The van der Waals surface area contributed by atoms with Crippen LogP contribution in [0.5, 0.6) is 5.75 Å². The van der Waals surface area contributed by atoms with Gasteiger partial charge in [0.25, 0.3) is 5.56 Å². The van der Waals surface area contributed by atoms with Crippen molar-refractivity contribution >= 4 is 16.9 Å². The molecule has 0 aliphatic carbocycles. The van der Waals surface area contributed by atoms with Gasteiger partial charge in [0.1, 0.15) is 5.75 Å². The number of hydrogen-bond donors (Lipinski definition) is 2. The summed E-state index contributed by atoms with van der Waals surface area (Å²) in [6, 6.07) is 5.55. The molecule has 0 radical (unpaired) electrons. The molecule has 0 fully saturated rings. The quantitative estimate of drug-likeness (QED) is 0.748. The molecule has 2 rings (SSSR count). The van der Waals surface area contributed by atoms with E-state index in [1.54, 1.807) is 6.07 Å². The van der Waals surface area contributed by atoms with Crippen molar-refractivity contribution in [2.45, 2.75) is 0 Å². The van der Waals surface area contributed by atoms with Crippen LogP contribution >= 0.6 is 0 Å². The molecule has 0 saturated carbocycles. The van der Waals surface area contributed by atoms with Crippen LogP contribution in [-0.2, 0) is 7.05 Å². The Morgan fingerprint density at radius 3 is 2.69 bits per heavy atom. The molecule has 5 nitrogen and oxygen atoms in total. The van der Waals surface area contributed by atoms with E-state index in [1.165, 1.54) is 23.7 Å². The van der Waals surface area contributed by atoms with Gasteiger partial charge in [0.2, 0.25) is 0 Å². The van der Waals surface area contributed by atoms with E-state index in [-0.39, 0.29) is 16.8 Å². The zero-order chi connectivity index (χ0) is 11.9. The van der Waals surface area contributed by atoms with Crippen molar-refractivity contribution in [3.05, 3.63) is 40.2 Å². The monoisotopic (exact) mass is 219 g/mol. The van der Waals surface area contributed by atoms with Crippen LogP contribution in [0.25, 0.3) is 10.9 Å². The van der Waals surface area contributed by atoms with Gasteiger partial charge in [-0.25, -0.2) is 4.79 Å². The summed E-state index contributed by atoms with van der Waals surface area (Å²) in [6.07, 6.45) is 0. The van der Waals surface area contributed by atoms with Crippen LogP contribution in [0.15, 0.2) is 29.1 Å². The highest BCUT2D eigenvalue weighted by Crippen LogP contribution is 2.24. The molecule has 1 aromatic heterocycles. The number of phenolic OH excluding ortho intramolecular Hbond substituents is 1. The highest BCUT2D eigenvalue weighted by atomic mass is 16.4. The van der Waals surface area contributed by atoms with Crippen molar-refractivity contribution in [1.29, 1.82) is 0 Å². The Kier molecular flexibility index (Phi) is 2.16. The molecule has 2 aromatic rings. The molecule has 0 bridgehead atoms. The van der Waals surface area contributed by atoms with Gasteiger partial charge in [0.15, 0.2) is 0 Å². The van der Waals surface area contributed by atoms with Crippen molar-refractivity contribution in [2.75, 3.05) is 0 Å². The summed E-state index contributed by atoms with van der Waals surface area (Å²) in [7, 11) is 1.48. The molecule has 82 valence electrons. The summed E-state index contributed by atoms with van der Waals surface area (Å²) in [4.78, 5) is 22.5. The van der Waals surface area contributed by atoms with E-state index >= 15 is 0 Å². The Bertz CT molecular complexity index is 642. The number of carbonyl (C=O) groups is 1. The Balaban J connectivity index is 3.07. The van der Waals surface area contributed by atoms with Gasteiger partial charge >= 0.3 is 5.97 Å². The fraction of sp³-hybridized carbons (Fsp3) is 0.0909. The predicted octanol–water partition coefficient (Wildman–Crippen LogP) is 0.942. The lowest BCUT2D eigenvalue weighted by Gasteiger charge is -2.08. The number of pyridine rings is 1. The van der Waals surface area contributed by atoms with Crippen LogP contribution in [0.3, 0.4) is 0 Å². The van der Waals surface area contributed by atoms with E-state index in [2.05, 4.69) is 0 Å². The maximum absolute atomic E-state index is 11.5. The van der Waals surface area contributed by atoms with E-state index in [0.29, 0.717) is 5.39 Å². The number of phenols is 1. The van der Waals surface area contributed by atoms with Gasteiger partial charge in [-0.2, -0.15) is 0 Å². The van der Waals surface area contributed by atoms with Crippen molar-refractivity contribution in [3.8, 4) is 5.75 Å². The van der Waals surface area contributed by atoms with Crippen molar-refractivity contribution in [2.24, 2.45) is 7.05 Å². The number of fused-ring (bicyclic) bond motifs is 1. The smallest absolute Gasteiger partial charge is 0.336 e. The van der Waals surface area contributed by atoms with Crippen LogP contribution in [0.2, 0.25) is 0 Å². The largest absolute Gasteiger partial charge is 0.506 e. The van der Waals surface area contributed by atoms with Crippen LogP contribution in [0, 0.1) is 0 Å². The molecule has 0 spiro atoms. The van der Waals surface area contributed by atoms with Crippen molar-refractivity contribution in [1.82, 2.24) is 4.57 Å². The van der Waals surface area contributed by atoms with Crippen molar-refractivity contribution in [3.63, 3.8) is 0 Å². The number of nitrogens with zero attached hydrogens (tertiary/aromatic N) is 1. The van der Waals surface area contributed by atoms with Gasteiger partial charge in [-0.1, -0.05) is 12.1 Å². The molecule has 0 atom stereocenters. The van der Waals surface area contributed by atoms with Gasteiger partial charge < -0.3 is 14.8 Å². The summed E-state index contributed by atoms with van der Waals surface area (Å²) in [5.41, 5.74) is -0.340. The van der Waals surface area contributed by atoms with E-state index < -0.39 is 11.5 Å². The Morgan fingerprint density at radius 2 is 2.06 bits per heavy atom. The third-order valence-electron chi connectivity index (χ3n) is 2.47. The first kappa shape index (κ1) is 10.2. The Morgan fingerprint density at radius 1 is 1.38 bits per heavy atom. The van der Waals surface area contributed by atoms with E-state index in [1.807, 2.05) is 0 Å². The molecule has 0 aliphatic rings. The first-order chi connectivity index (χ1) is 7.52. The summed E-state index contributed by atoms with van der Waals surface area (Å²) in [5, 5.41) is 18.9. The lowest BCUT2D eigenvalue weighted by molar-refractivity contribution is 0.0699. The standard InChI is InChI=1S/C11H9NO4/c1-12-9(14)5-7(11(15)16)6-3-2-4-8(13)10(6)12/h2-5,13H,1H3,(H,15,16). The summed E-state index contributed by atoms with van der Waals surface area (Å²) in [5.74, 6) is -1.30. The fourth-order valence-electron chi connectivity index (χ4n) is 1.69. The third kappa shape index (κ3) is 1.33. The molecule has 1 heterocycles. The number of aromatic nitrogens is 1. The van der Waals surface area contributed by atoms with Crippen LogP contribution in [-0.4, -0.2) is 20.7 Å². The van der Waals surface area contributed by atoms with E-state index in [9.17, 15) is 14.7 Å². The number of rotatable bonds is 1. The zero-order valence-corrected chi connectivity index (χ0v) is 8.47. The first-order valence-electron chi connectivity index (χ1n) is 4.57. The van der Waals surface area contributed by atoms with E-state index in [4.69, 9.17) is 5.11 Å². The second-order valence-electron chi connectivity index (χ2n) is 3.43. The molecule has 0 saturated heterocycles. The van der Waals surface area contributed by atoms with Crippen molar-refractivity contribution < 1.29 is 15.0 Å². The second kappa shape index (κ2) is 3.37. The van der Waals surface area contributed by atoms with Crippen LogP contribution in [0.1, 0.15) is 10.4 Å². The predicted molar refractivity (Wildman–Crippen MR) is 57.8 cm³/mol. The fourth-order valence-corrected chi connectivity index (χ4v) is 1.69. The van der Waals surface area contributed by atoms with Gasteiger partial charge in [-0.05, 0) is 6.07 Å². The van der Waals surface area contributed by atoms with Gasteiger partial charge in [0.05, 0.1) is 11.1 Å². The minimum atomic E-state index is -1.19. The highest BCUT2D eigenvalue weighted by Gasteiger charge is 2.14. The average molecular weight is 219 g/mol. The molecule has 0 amide bonds. The number of para-hydroxylation sites is 1. The second-order valence-corrected chi connectivity index (χ2v) is 3.43. The van der Waals surface area contributed by atoms with Crippen LogP contribution < -0.4 is 5.56 Å². The van der Waals surface area contributed by atoms with Gasteiger partial charge in [0, 0.05) is 18.5 Å². The number of aromatic hydroxyl groups is 1. The number of benzene rings is 1. The minimum absolute atomic E-state index is 0.103. The molecule has 0 unspecified atom stereocenters. The SMILES string of the molecule is Cn1c(=O)cc(C(=O)O)c2cccc(O)c21. The topological polar surface area (TPSA) is 79.5 Å². The maximum Gasteiger partial charge on any atom is 0.336 e. The summed E-state index contributed by atoms with van der Waals surface area (Å²) in [6.45, 7) is 0. The minimum Gasteiger partial charge on any atom is -0.506 e. The van der Waals surface area contributed by atoms with E-state index in [0.717, 1.165) is 6.07 Å². The van der Waals surface area contributed by atoms with Gasteiger partial charge in [-0.3, -0.25) is 4.79 Å².